The van der Waals surface area contributed by atoms with Crippen LogP contribution in [0.25, 0.3) is 0 Å². The van der Waals surface area contributed by atoms with Gasteiger partial charge in [0.25, 0.3) is 11.8 Å². The maximum Gasteiger partial charge on any atom is 0.258 e. The number of pyridine rings is 1. The minimum absolute atomic E-state index is 0.143. The van der Waals surface area contributed by atoms with Gasteiger partial charge in [-0.15, -0.1) is 0 Å². The highest BCUT2D eigenvalue weighted by Crippen LogP contribution is 2.28. The number of anilines is 1. The summed E-state index contributed by atoms with van der Waals surface area (Å²) in [6.45, 7) is 6.60. The lowest BCUT2D eigenvalue weighted by atomic mass is 10.0. The molecule has 1 aliphatic heterocycles. The van der Waals surface area contributed by atoms with Crippen molar-refractivity contribution in [2.75, 3.05) is 38.7 Å². The fourth-order valence-corrected chi connectivity index (χ4v) is 5.52. The third kappa shape index (κ3) is 9.61. The van der Waals surface area contributed by atoms with E-state index in [1.165, 1.54) is 0 Å². The summed E-state index contributed by atoms with van der Waals surface area (Å²) >= 11 is 0. The summed E-state index contributed by atoms with van der Waals surface area (Å²) in [5, 5.41) is 13.1. The molecule has 246 valence electrons. The van der Waals surface area contributed by atoms with Gasteiger partial charge in [0, 0.05) is 56.3 Å². The lowest BCUT2D eigenvalue weighted by molar-refractivity contribution is -0.115. The third-order valence-electron chi connectivity index (χ3n) is 8.27. The standard InChI is InChI=1S/C36H46N4O6/c1-25-22-40(26(2)24-41)36(44)31-21-30(38-34(42)20-28-11-6-5-7-12-28)13-14-32(31)46-27(3)10-8-9-19-45-33(25)23-39(4)35(43)29-15-17-37-18-16-29/h5-7,11-18,21,25-27,33,41H,8-10,19-20,22-24H2,1-4H3,(H,38,42)/t25-,26-,27+,33+/m0/s1. The molecule has 1 aromatic heterocycles. The van der Waals surface area contributed by atoms with E-state index in [0.29, 0.717) is 35.7 Å². The van der Waals surface area contributed by atoms with Crippen molar-refractivity contribution in [3.63, 3.8) is 0 Å². The molecule has 0 spiro atoms. The molecule has 10 heteroatoms. The number of aromatic nitrogens is 1. The number of fused-ring (bicyclic) bond motifs is 1. The van der Waals surface area contributed by atoms with Crippen molar-refractivity contribution < 1.29 is 29.0 Å². The lowest BCUT2D eigenvalue weighted by Crippen LogP contribution is -2.48. The maximum absolute atomic E-state index is 14.3. The second-order valence-corrected chi connectivity index (χ2v) is 12.1. The van der Waals surface area contributed by atoms with Crippen LogP contribution in [-0.2, 0) is 16.0 Å². The van der Waals surface area contributed by atoms with Crippen LogP contribution in [0.3, 0.4) is 0 Å². The average Bonchev–Trinajstić information content (AvgIpc) is 3.06. The second-order valence-electron chi connectivity index (χ2n) is 12.1. The molecule has 0 saturated carbocycles. The van der Waals surface area contributed by atoms with Gasteiger partial charge in [-0.2, -0.15) is 0 Å². The van der Waals surface area contributed by atoms with Crippen LogP contribution >= 0.6 is 0 Å². The number of nitrogens with one attached hydrogen (secondary N) is 1. The van der Waals surface area contributed by atoms with Crippen LogP contribution in [-0.4, -0.2) is 89.2 Å². The van der Waals surface area contributed by atoms with Gasteiger partial charge in [-0.25, -0.2) is 0 Å². The summed E-state index contributed by atoms with van der Waals surface area (Å²) in [5.41, 5.74) is 2.20. The molecule has 3 aromatic rings. The number of hydrogen-bond acceptors (Lipinski definition) is 7. The van der Waals surface area contributed by atoms with Crippen LogP contribution in [0.2, 0.25) is 0 Å². The first kappa shape index (κ1) is 34.6. The molecule has 46 heavy (non-hydrogen) atoms. The predicted octanol–water partition coefficient (Wildman–Crippen LogP) is 4.83. The normalized spacial score (nSPS) is 20.1. The first-order chi connectivity index (χ1) is 22.2. The Morgan fingerprint density at radius 2 is 1.83 bits per heavy atom. The van der Waals surface area contributed by atoms with Gasteiger partial charge in [0.15, 0.2) is 0 Å². The van der Waals surface area contributed by atoms with Crippen LogP contribution in [0.1, 0.15) is 66.3 Å². The number of nitrogens with zero attached hydrogens (tertiary/aromatic N) is 3. The van der Waals surface area contributed by atoms with E-state index in [2.05, 4.69) is 10.3 Å². The molecule has 0 fully saturated rings. The number of carbonyl (C=O) groups is 3. The van der Waals surface area contributed by atoms with Crippen molar-refractivity contribution in [2.45, 2.75) is 64.7 Å². The number of rotatable bonds is 8. The molecule has 2 aromatic carbocycles. The summed E-state index contributed by atoms with van der Waals surface area (Å²) in [6, 6.07) is 17.4. The number of amides is 3. The summed E-state index contributed by atoms with van der Waals surface area (Å²) < 4.78 is 12.7. The summed E-state index contributed by atoms with van der Waals surface area (Å²) in [7, 11) is 1.74. The molecule has 4 atom stereocenters. The van der Waals surface area contributed by atoms with Gasteiger partial charge in [0.05, 0.1) is 36.8 Å². The van der Waals surface area contributed by atoms with E-state index >= 15 is 0 Å². The fraction of sp³-hybridized carbons (Fsp3) is 0.444. The zero-order valence-corrected chi connectivity index (χ0v) is 27.2. The number of benzene rings is 2. The lowest BCUT2D eigenvalue weighted by Gasteiger charge is -2.36. The zero-order valence-electron chi connectivity index (χ0n) is 27.2. The second kappa shape index (κ2) is 16.9. The van der Waals surface area contributed by atoms with E-state index in [9.17, 15) is 19.5 Å². The molecule has 0 radical (unpaired) electrons. The van der Waals surface area contributed by atoms with Gasteiger partial charge in [0.1, 0.15) is 5.75 Å². The molecule has 10 nitrogen and oxygen atoms in total. The van der Waals surface area contributed by atoms with Crippen molar-refractivity contribution in [3.05, 3.63) is 89.7 Å². The van der Waals surface area contributed by atoms with Gasteiger partial charge in [-0.3, -0.25) is 19.4 Å². The molecule has 0 aliphatic carbocycles. The molecule has 3 amide bonds. The Hall–Kier alpha value is -4.28. The number of carbonyl (C=O) groups excluding carboxylic acids is 3. The molecule has 2 heterocycles. The van der Waals surface area contributed by atoms with Crippen LogP contribution in [0.4, 0.5) is 5.69 Å². The van der Waals surface area contributed by atoms with E-state index in [1.807, 2.05) is 44.2 Å². The largest absolute Gasteiger partial charge is 0.490 e. The van der Waals surface area contributed by atoms with Gasteiger partial charge >= 0.3 is 0 Å². The monoisotopic (exact) mass is 630 g/mol. The molecule has 0 unspecified atom stereocenters. The summed E-state index contributed by atoms with van der Waals surface area (Å²) in [5.74, 6) is -0.435. The van der Waals surface area contributed by atoms with E-state index in [0.717, 1.165) is 24.8 Å². The SMILES string of the molecule is C[C@@H]1CCCCO[C@H](CN(C)C(=O)c2ccncc2)[C@@H](C)CN([C@@H](C)CO)C(=O)c2cc(NC(=O)Cc3ccccc3)ccc2O1. The van der Waals surface area contributed by atoms with Gasteiger partial charge in [-0.05, 0) is 69.0 Å². The highest BCUT2D eigenvalue weighted by atomic mass is 16.5. The number of aliphatic hydroxyl groups is 1. The van der Waals surface area contributed by atoms with E-state index in [-0.39, 0.29) is 55.4 Å². The van der Waals surface area contributed by atoms with Crippen molar-refractivity contribution in [1.82, 2.24) is 14.8 Å². The first-order valence-corrected chi connectivity index (χ1v) is 16.0. The van der Waals surface area contributed by atoms with Gasteiger partial charge in [0.2, 0.25) is 5.91 Å². The fourth-order valence-electron chi connectivity index (χ4n) is 5.52. The molecule has 1 aliphatic rings. The summed E-state index contributed by atoms with van der Waals surface area (Å²) in [6.07, 6.45) is 5.27. The molecule has 0 bridgehead atoms. The highest BCUT2D eigenvalue weighted by molar-refractivity contribution is 6.00. The molecule has 2 N–H and O–H groups in total. The van der Waals surface area contributed by atoms with Gasteiger partial charge < -0.3 is 29.7 Å². The number of aliphatic hydroxyl groups excluding tert-OH is 1. The van der Waals surface area contributed by atoms with Crippen molar-refractivity contribution >= 4 is 23.4 Å². The zero-order chi connectivity index (χ0) is 33.1. The van der Waals surface area contributed by atoms with E-state index < -0.39 is 6.04 Å². The quantitative estimate of drug-likeness (QED) is 0.366. The first-order valence-electron chi connectivity index (χ1n) is 16.0. The number of ether oxygens (including phenoxy) is 2. The van der Waals surface area contributed by atoms with Crippen LogP contribution in [0, 0.1) is 5.92 Å². The average molecular weight is 631 g/mol. The van der Waals surface area contributed by atoms with E-state index in [1.54, 1.807) is 66.5 Å². The molecular weight excluding hydrogens is 584 g/mol. The Morgan fingerprint density at radius 3 is 2.54 bits per heavy atom. The maximum atomic E-state index is 14.3. The Balaban J connectivity index is 1.60. The Bertz CT molecular complexity index is 1440. The number of hydrogen-bond donors (Lipinski definition) is 2. The minimum atomic E-state index is -0.513. The summed E-state index contributed by atoms with van der Waals surface area (Å²) in [4.78, 5) is 47.6. The van der Waals surface area contributed by atoms with Crippen molar-refractivity contribution in [3.8, 4) is 5.75 Å². The Kier molecular flexibility index (Phi) is 12.7. The van der Waals surface area contributed by atoms with Crippen LogP contribution in [0.15, 0.2) is 73.1 Å². The molecule has 0 saturated heterocycles. The van der Waals surface area contributed by atoms with Gasteiger partial charge in [-0.1, -0.05) is 37.3 Å². The minimum Gasteiger partial charge on any atom is -0.490 e. The number of likely N-dealkylation sites (N-methyl/N-ethyl adjacent to an activating group) is 1. The van der Waals surface area contributed by atoms with Crippen LogP contribution in [0.5, 0.6) is 5.75 Å². The van der Waals surface area contributed by atoms with Crippen molar-refractivity contribution in [1.29, 1.82) is 0 Å². The van der Waals surface area contributed by atoms with E-state index in [4.69, 9.17) is 9.47 Å². The van der Waals surface area contributed by atoms with Crippen molar-refractivity contribution in [2.24, 2.45) is 5.92 Å². The topological polar surface area (TPSA) is 121 Å². The van der Waals surface area contributed by atoms with Crippen LogP contribution < -0.4 is 10.1 Å². The Labute approximate surface area is 271 Å². The molecular formula is C36H46N4O6. The predicted molar refractivity (Wildman–Crippen MR) is 177 cm³/mol. The third-order valence-corrected chi connectivity index (χ3v) is 8.27. The smallest absolute Gasteiger partial charge is 0.258 e. The molecule has 4 rings (SSSR count). The highest BCUT2D eigenvalue weighted by Gasteiger charge is 2.31. The Morgan fingerprint density at radius 1 is 1.09 bits per heavy atom.